The minimum Gasteiger partial charge on any atom is -0.351 e. The highest BCUT2D eigenvalue weighted by atomic mass is 16.1. The van der Waals surface area contributed by atoms with Gasteiger partial charge in [0.2, 0.25) is 5.91 Å². The van der Waals surface area contributed by atoms with E-state index in [1.165, 1.54) is 6.42 Å². The van der Waals surface area contributed by atoms with E-state index in [9.17, 15) is 4.79 Å². The van der Waals surface area contributed by atoms with Crippen LogP contribution in [0.15, 0.2) is 12.2 Å². The van der Waals surface area contributed by atoms with Crippen molar-refractivity contribution in [3.05, 3.63) is 12.2 Å². The third-order valence-corrected chi connectivity index (χ3v) is 3.05. The van der Waals surface area contributed by atoms with Gasteiger partial charge in [0.1, 0.15) is 0 Å². The molecule has 1 heterocycles. The van der Waals surface area contributed by atoms with Crippen LogP contribution in [0.25, 0.3) is 0 Å². The first-order chi connectivity index (χ1) is 7.49. The number of rotatable bonds is 4. The van der Waals surface area contributed by atoms with E-state index >= 15 is 0 Å². The largest absolute Gasteiger partial charge is 0.351 e. The molecule has 2 unspecified atom stereocenters. The van der Waals surface area contributed by atoms with Crippen molar-refractivity contribution in [2.24, 2.45) is 11.8 Å². The summed E-state index contributed by atoms with van der Waals surface area (Å²) in [5.41, 5.74) is 0.584. The fourth-order valence-corrected chi connectivity index (χ4v) is 2.45. The first-order valence-corrected chi connectivity index (χ1v) is 6.15. The molecule has 3 nitrogen and oxygen atoms in total. The fraction of sp³-hybridized carbons (Fsp3) is 0.769. The number of piperidine rings is 1. The summed E-state index contributed by atoms with van der Waals surface area (Å²) in [5.74, 6) is 1.53. The lowest BCUT2D eigenvalue weighted by atomic mass is 9.92. The van der Waals surface area contributed by atoms with Gasteiger partial charge in [0.05, 0.1) is 0 Å². The molecule has 1 aliphatic heterocycles. The molecule has 1 fully saturated rings. The van der Waals surface area contributed by atoms with Gasteiger partial charge in [-0.1, -0.05) is 20.4 Å². The van der Waals surface area contributed by atoms with Gasteiger partial charge in [-0.3, -0.25) is 4.79 Å². The molecule has 0 bridgehead atoms. The number of hydrogen-bond acceptors (Lipinski definition) is 2. The molecule has 0 radical (unpaired) electrons. The first-order valence-electron chi connectivity index (χ1n) is 6.15. The second-order valence-corrected chi connectivity index (χ2v) is 5.24. The second-order valence-electron chi connectivity index (χ2n) is 5.24. The monoisotopic (exact) mass is 224 g/mol. The topological polar surface area (TPSA) is 32.3 Å². The number of hydrogen-bond donors (Lipinski definition) is 1. The van der Waals surface area contributed by atoms with Crippen LogP contribution in [0, 0.1) is 11.8 Å². The molecular weight excluding hydrogens is 200 g/mol. The third-order valence-electron chi connectivity index (χ3n) is 3.05. The van der Waals surface area contributed by atoms with Crippen LogP contribution in [0.4, 0.5) is 0 Å². The minimum atomic E-state index is -0.0295. The molecular formula is C13H24N2O. The van der Waals surface area contributed by atoms with E-state index in [4.69, 9.17) is 0 Å². The summed E-state index contributed by atoms with van der Waals surface area (Å²) >= 11 is 0. The van der Waals surface area contributed by atoms with E-state index in [1.807, 2.05) is 0 Å². The molecule has 1 amide bonds. The van der Waals surface area contributed by atoms with Crippen LogP contribution in [-0.4, -0.2) is 37.0 Å². The maximum atomic E-state index is 11.3. The highest BCUT2D eigenvalue weighted by Gasteiger charge is 2.21. The molecule has 1 N–H and O–H groups in total. The number of amides is 1. The number of nitrogens with one attached hydrogen (secondary N) is 1. The van der Waals surface area contributed by atoms with Crippen LogP contribution in [-0.2, 0) is 4.79 Å². The van der Waals surface area contributed by atoms with E-state index in [1.54, 1.807) is 6.92 Å². The zero-order valence-electron chi connectivity index (χ0n) is 10.8. The number of carbonyl (C=O) groups excluding carboxylic acids is 1. The maximum Gasteiger partial charge on any atom is 0.246 e. The van der Waals surface area contributed by atoms with E-state index in [-0.39, 0.29) is 5.91 Å². The average molecular weight is 224 g/mol. The van der Waals surface area contributed by atoms with Crippen molar-refractivity contribution in [2.45, 2.75) is 27.2 Å². The Balaban J connectivity index is 2.22. The molecule has 0 aromatic rings. The van der Waals surface area contributed by atoms with Gasteiger partial charge in [0.25, 0.3) is 0 Å². The van der Waals surface area contributed by atoms with Crippen LogP contribution < -0.4 is 5.32 Å². The molecule has 1 aliphatic rings. The lowest BCUT2D eigenvalue weighted by Crippen LogP contribution is -2.42. The second kappa shape index (κ2) is 6.04. The summed E-state index contributed by atoms with van der Waals surface area (Å²) in [6.07, 6.45) is 1.33. The van der Waals surface area contributed by atoms with Crippen LogP contribution in [0.3, 0.4) is 0 Å². The Morgan fingerprint density at radius 2 is 1.94 bits per heavy atom. The SMILES string of the molecule is C=C(C)C(=O)NCCN1CC(C)CC(C)C1. The van der Waals surface area contributed by atoms with Crippen molar-refractivity contribution in [1.29, 1.82) is 0 Å². The summed E-state index contributed by atoms with van der Waals surface area (Å²) < 4.78 is 0. The van der Waals surface area contributed by atoms with Crippen molar-refractivity contribution in [2.75, 3.05) is 26.2 Å². The Bertz CT molecular complexity index is 253. The Morgan fingerprint density at radius 3 is 2.44 bits per heavy atom. The number of nitrogens with zero attached hydrogens (tertiary/aromatic N) is 1. The van der Waals surface area contributed by atoms with Gasteiger partial charge < -0.3 is 10.2 Å². The average Bonchev–Trinajstić information content (AvgIpc) is 2.15. The van der Waals surface area contributed by atoms with E-state index in [0.29, 0.717) is 5.57 Å². The van der Waals surface area contributed by atoms with Gasteiger partial charge in [0.15, 0.2) is 0 Å². The lowest BCUT2D eigenvalue weighted by Gasteiger charge is -2.34. The predicted octanol–water partition coefficient (Wildman–Crippen LogP) is 1.66. The summed E-state index contributed by atoms with van der Waals surface area (Å²) in [7, 11) is 0. The van der Waals surface area contributed by atoms with Crippen molar-refractivity contribution >= 4 is 5.91 Å². The molecule has 0 saturated carbocycles. The highest BCUT2D eigenvalue weighted by molar-refractivity contribution is 5.92. The highest BCUT2D eigenvalue weighted by Crippen LogP contribution is 2.20. The molecule has 16 heavy (non-hydrogen) atoms. The van der Waals surface area contributed by atoms with Gasteiger partial charge in [-0.05, 0) is 25.2 Å². The maximum absolute atomic E-state index is 11.3. The summed E-state index contributed by atoms with van der Waals surface area (Å²) in [6.45, 7) is 14.0. The third kappa shape index (κ3) is 4.35. The Morgan fingerprint density at radius 1 is 1.38 bits per heavy atom. The van der Waals surface area contributed by atoms with Gasteiger partial charge in [-0.2, -0.15) is 0 Å². The minimum absolute atomic E-state index is 0.0295. The predicted molar refractivity (Wildman–Crippen MR) is 67.2 cm³/mol. The molecule has 0 aromatic heterocycles. The lowest BCUT2D eigenvalue weighted by molar-refractivity contribution is -0.117. The molecule has 92 valence electrons. The van der Waals surface area contributed by atoms with Crippen LogP contribution in [0.1, 0.15) is 27.2 Å². The van der Waals surface area contributed by atoms with Gasteiger partial charge in [-0.15, -0.1) is 0 Å². The van der Waals surface area contributed by atoms with Gasteiger partial charge in [0, 0.05) is 31.8 Å². The summed E-state index contributed by atoms with van der Waals surface area (Å²) in [6, 6.07) is 0. The molecule has 3 heteroatoms. The van der Waals surface area contributed by atoms with Crippen LogP contribution in [0.5, 0.6) is 0 Å². The van der Waals surface area contributed by atoms with Crippen molar-refractivity contribution in [1.82, 2.24) is 10.2 Å². The van der Waals surface area contributed by atoms with Gasteiger partial charge in [-0.25, -0.2) is 0 Å². The molecule has 0 aliphatic carbocycles. The Kier molecular flexibility index (Phi) is 5.00. The zero-order chi connectivity index (χ0) is 12.1. The molecule has 1 saturated heterocycles. The molecule has 1 rings (SSSR count). The quantitative estimate of drug-likeness (QED) is 0.737. The Hall–Kier alpha value is -0.830. The van der Waals surface area contributed by atoms with E-state index in [0.717, 1.165) is 38.0 Å². The fourth-order valence-electron chi connectivity index (χ4n) is 2.45. The van der Waals surface area contributed by atoms with Crippen LogP contribution in [0.2, 0.25) is 0 Å². The Labute approximate surface area is 98.9 Å². The smallest absolute Gasteiger partial charge is 0.246 e. The molecule has 0 spiro atoms. The molecule has 0 aromatic carbocycles. The van der Waals surface area contributed by atoms with Gasteiger partial charge >= 0.3 is 0 Å². The first kappa shape index (κ1) is 13.2. The summed E-state index contributed by atoms with van der Waals surface area (Å²) in [5, 5.41) is 2.88. The zero-order valence-corrected chi connectivity index (χ0v) is 10.8. The summed E-state index contributed by atoms with van der Waals surface area (Å²) in [4.78, 5) is 13.7. The molecule has 2 atom stereocenters. The van der Waals surface area contributed by atoms with Crippen molar-refractivity contribution < 1.29 is 4.79 Å². The standard InChI is InChI=1S/C13H24N2O/c1-10(2)13(16)14-5-6-15-8-11(3)7-12(4)9-15/h11-12H,1,5-9H2,2-4H3,(H,14,16). The van der Waals surface area contributed by atoms with Crippen LogP contribution >= 0.6 is 0 Å². The number of likely N-dealkylation sites (tertiary alicyclic amines) is 1. The number of carbonyl (C=O) groups is 1. The van der Waals surface area contributed by atoms with Crippen molar-refractivity contribution in [3.63, 3.8) is 0 Å². The normalized spacial score (nSPS) is 26.4. The van der Waals surface area contributed by atoms with Crippen molar-refractivity contribution in [3.8, 4) is 0 Å². The van der Waals surface area contributed by atoms with E-state index < -0.39 is 0 Å². The van der Waals surface area contributed by atoms with E-state index in [2.05, 4.69) is 30.6 Å².